The minimum absolute atomic E-state index is 0.0883. The zero-order chi connectivity index (χ0) is 15.9. The highest BCUT2D eigenvalue weighted by atomic mass is 16.3. The minimum Gasteiger partial charge on any atom is -0.508 e. The largest absolute Gasteiger partial charge is 0.508 e. The number of aliphatic hydroxyl groups is 1. The lowest BCUT2D eigenvalue weighted by molar-refractivity contribution is -0.0226. The molecule has 0 aromatic heterocycles. The monoisotopic (exact) mass is 302 g/mol. The molecule has 0 heterocycles. The van der Waals surface area contributed by atoms with E-state index in [1.165, 1.54) is 30.4 Å². The molecule has 3 aliphatic carbocycles. The summed E-state index contributed by atoms with van der Waals surface area (Å²) in [5, 5.41) is 20.0. The van der Waals surface area contributed by atoms with Crippen LogP contribution in [0.25, 0.3) is 0 Å². The summed E-state index contributed by atoms with van der Waals surface area (Å²) in [6.07, 6.45) is 6.78. The van der Waals surface area contributed by atoms with E-state index in [2.05, 4.69) is 13.0 Å². The smallest absolute Gasteiger partial charge is 0.115 e. The van der Waals surface area contributed by atoms with E-state index in [0.717, 1.165) is 25.2 Å². The van der Waals surface area contributed by atoms with Crippen LogP contribution in [0.3, 0.4) is 0 Å². The molecular formula is C20H30O2. The van der Waals surface area contributed by atoms with Crippen molar-refractivity contribution >= 4 is 0 Å². The van der Waals surface area contributed by atoms with E-state index < -0.39 is 0 Å². The number of hydrogen-bond acceptors (Lipinski definition) is 2. The van der Waals surface area contributed by atoms with Crippen molar-refractivity contribution in [2.45, 2.75) is 71.3 Å². The van der Waals surface area contributed by atoms with Crippen LogP contribution in [0, 0.1) is 17.3 Å². The number of aryl methyl sites for hydroxylation is 1. The lowest BCUT2D eigenvalue weighted by Crippen LogP contribution is -2.43. The molecule has 22 heavy (non-hydrogen) atoms. The highest BCUT2D eigenvalue weighted by Crippen LogP contribution is 2.60. The lowest BCUT2D eigenvalue weighted by Gasteiger charge is -2.50. The van der Waals surface area contributed by atoms with Gasteiger partial charge >= 0.3 is 0 Å². The molecule has 1 aromatic rings. The first kappa shape index (κ1) is 15.9. The van der Waals surface area contributed by atoms with Crippen LogP contribution >= 0.6 is 0 Å². The Balaban J connectivity index is 0.000000693. The van der Waals surface area contributed by atoms with Crippen molar-refractivity contribution in [2.24, 2.45) is 17.3 Å². The second-order valence-electron chi connectivity index (χ2n) is 7.44. The summed E-state index contributed by atoms with van der Waals surface area (Å²) < 4.78 is 0. The summed E-state index contributed by atoms with van der Waals surface area (Å²) in [6, 6.07) is 5.96. The Kier molecular flexibility index (Phi) is 4.24. The van der Waals surface area contributed by atoms with Gasteiger partial charge in [-0.15, -0.1) is 0 Å². The fourth-order valence-electron chi connectivity index (χ4n) is 5.54. The molecule has 0 saturated heterocycles. The Morgan fingerprint density at radius 3 is 2.64 bits per heavy atom. The van der Waals surface area contributed by atoms with E-state index in [4.69, 9.17) is 0 Å². The van der Waals surface area contributed by atoms with Gasteiger partial charge in [0.05, 0.1) is 6.10 Å². The first-order valence-corrected chi connectivity index (χ1v) is 9.09. The maximum atomic E-state index is 10.4. The van der Waals surface area contributed by atoms with Gasteiger partial charge in [0.25, 0.3) is 0 Å². The standard InChI is InChI=1S/C18H24O2.C2H6/c1-18-9-8-14-13-5-3-12(19)10-11(13)2-4-15(14)16(18)6-7-17(18)20;1-2/h3,5,10,14-17,19-20H,2,4,6-9H2,1H3;1-2H3/t14-,15?,16+,17?,18?;/m1./s1. The van der Waals surface area contributed by atoms with Crippen molar-refractivity contribution in [1.82, 2.24) is 0 Å². The van der Waals surface area contributed by atoms with Gasteiger partial charge in [-0.2, -0.15) is 0 Å². The number of aliphatic hydroxyl groups excluding tert-OH is 1. The van der Waals surface area contributed by atoms with Crippen molar-refractivity contribution in [2.75, 3.05) is 0 Å². The van der Waals surface area contributed by atoms with Gasteiger partial charge < -0.3 is 10.2 Å². The molecule has 2 fully saturated rings. The highest BCUT2D eigenvalue weighted by Gasteiger charge is 2.54. The van der Waals surface area contributed by atoms with E-state index in [1.807, 2.05) is 26.0 Å². The fraction of sp³-hybridized carbons (Fsp3) is 0.700. The topological polar surface area (TPSA) is 40.5 Å². The molecule has 0 bridgehead atoms. The molecule has 5 atom stereocenters. The number of fused-ring (bicyclic) bond motifs is 5. The van der Waals surface area contributed by atoms with Gasteiger partial charge in [-0.1, -0.05) is 26.8 Å². The van der Waals surface area contributed by atoms with E-state index in [1.54, 1.807) is 0 Å². The SMILES string of the molecule is CC.CC12CC[C@@H]3c4ccc(O)cc4CCC3[C@@H]1CCC2O. The maximum absolute atomic E-state index is 10.4. The van der Waals surface area contributed by atoms with Gasteiger partial charge in [0.1, 0.15) is 5.75 Å². The molecule has 2 heteroatoms. The van der Waals surface area contributed by atoms with Crippen LogP contribution in [0.1, 0.15) is 69.9 Å². The van der Waals surface area contributed by atoms with Crippen molar-refractivity contribution in [1.29, 1.82) is 0 Å². The van der Waals surface area contributed by atoms with E-state index >= 15 is 0 Å². The second-order valence-corrected chi connectivity index (χ2v) is 7.44. The van der Waals surface area contributed by atoms with E-state index in [0.29, 0.717) is 17.6 Å². The molecular weight excluding hydrogens is 272 g/mol. The molecule has 0 radical (unpaired) electrons. The van der Waals surface area contributed by atoms with Crippen LogP contribution in [-0.2, 0) is 6.42 Å². The predicted octanol–water partition coefficient (Wildman–Crippen LogP) is 4.64. The number of rotatable bonds is 0. The van der Waals surface area contributed by atoms with Crippen LogP contribution in [0.5, 0.6) is 5.75 Å². The fourth-order valence-corrected chi connectivity index (χ4v) is 5.54. The van der Waals surface area contributed by atoms with Crippen LogP contribution < -0.4 is 0 Å². The van der Waals surface area contributed by atoms with Crippen LogP contribution in [0.15, 0.2) is 18.2 Å². The average molecular weight is 302 g/mol. The summed E-state index contributed by atoms with van der Waals surface area (Å²) in [5.41, 5.74) is 2.99. The Morgan fingerprint density at radius 2 is 1.86 bits per heavy atom. The van der Waals surface area contributed by atoms with Gasteiger partial charge in [-0.25, -0.2) is 0 Å². The van der Waals surface area contributed by atoms with E-state index in [9.17, 15) is 10.2 Å². The third-order valence-electron chi connectivity index (χ3n) is 6.66. The van der Waals surface area contributed by atoms with Crippen molar-refractivity contribution in [3.63, 3.8) is 0 Å². The zero-order valence-electron chi connectivity index (χ0n) is 14.2. The first-order chi connectivity index (χ1) is 10.6. The third kappa shape index (κ3) is 2.27. The number of hydrogen-bond donors (Lipinski definition) is 2. The first-order valence-electron chi connectivity index (χ1n) is 9.09. The Bertz CT molecular complexity index is 539. The second kappa shape index (κ2) is 5.88. The molecule has 4 rings (SSSR count). The number of benzene rings is 1. The van der Waals surface area contributed by atoms with Crippen LogP contribution in [0.2, 0.25) is 0 Å². The Morgan fingerprint density at radius 1 is 1.09 bits per heavy atom. The maximum Gasteiger partial charge on any atom is 0.115 e. The summed E-state index contributed by atoms with van der Waals surface area (Å²) in [6.45, 7) is 6.32. The van der Waals surface area contributed by atoms with Crippen molar-refractivity contribution < 1.29 is 10.2 Å². The molecule has 0 amide bonds. The van der Waals surface area contributed by atoms with Crippen LogP contribution in [0.4, 0.5) is 0 Å². The Hall–Kier alpha value is -1.02. The van der Waals surface area contributed by atoms with Gasteiger partial charge in [-0.3, -0.25) is 0 Å². The third-order valence-corrected chi connectivity index (χ3v) is 6.66. The number of phenols is 1. The Labute approximate surface area is 134 Å². The zero-order valence-corrected chi connectivity index (χ0v) is 14.2. The molecule has 2 N–H and O–H groups in total. The molecule has 2 nitrogen and oxygen atoms in total. The number of phenolic OH excluding ortho intramolecular Hbond substituents is 1. The van der Waals surface area contributed by atoms with Gasteiger partial charge in [0.15, 0.2) is 0 Å². The minimum atomic E-state index is -0.0883. The molecule has 1 aromatic carbocycles. The summed E-state index contributed by atoms with van der Waals surface area (Å²) in [4.78, 5) is 0. The highest BCUT2D eigenvalue weighted by molar-refractivity contribution is 5.40. The number of aromatic hydroxyl groups is 1. The van der Waals surface area contributed by atoms with E-state index in [-0.39, 0.29) is 11.5 Å². The summed E-state index contributed by atoms with van der Waals surface area (Å²) in [5.74, 6) is 2.49. The lowest BCUT2D eigenvalue weighted by atomic mass is 9.55. The molecule has 0 aliphatic heterocycles. The van der Waals surface area contributed by atoms with Crippen molar-refractivity contribution in [3.05, 3.63) is 29.3 Å². The van der Waals surface area contributed by atoms with Gasteiger partial charge in [0.2, 0.25) is 0 Å². The molecule has 0 spiro atoms. The van der Waals surface area contributed by atoms with Gasteiger partial charge in [-0.05, 0) is 85.0 Å². The normalized spacial score (nSPS) is 39.1. The summed E-state index contributed by atoms with van der Waals surface area (Å²) >= 11 is 0. The van der Waals surface area contributed by atoms with Crippen LogP contribution in [-0.4, -0.2) is 16.3 Å². The summed E-state index contributed by atoms with van der Waals surface area (Å²) in [7, 11) is 0. The molecule has 3 aliphatic rings. The predicted molar refractivity (Wildman–Crippen MR) is 90.1 cm³/mol. The molecule has 2 saturated carbocycles. The average Bonchev–Trinajstić information content (AvgIpc) is 2.84. The van der Waals surface area contributed by atoms with Gasteiger partial charge in [0, 0.05) is 0 Å². The molecule has 122 valence electrons. The quantitative estimate of drug-likeness (QED) is 0.733. The molecule has 3 unspecified atom stereocenters. The van der Waals surface area contributed by atoms with Crippen molar-refractivity contribution in [3.8, 4) is 5.75 Å².